The second kappa shape index (κ2) is 6.07. The third-order valence-electron chi connectivity index (χ3n) is 2.58. The summed E-state index contributed by atoms with van der Waals surface area (Å²) in [7, 11) is 0. The van der Waals surface area contributed by atoms with Crippen molar-refractivity contribution >= 4 is 17.4 Å². The predicted octanol–water partition coefficient (Wildman–Crippen LogP) is 2.95. The van der Waals surface area contributed by atoms with E-state index in [9.17, 15) is 0 Å². The molecule has 2 aromatic heterocycles. The van der Waals surface area contributed by atoms with Crippen molar-refractivity contribution < 1.29 is 0 Å². The van der Waals surface area contributed by atoms with Crippen LogP contribution >= 0.6 is 11.8 Å². The van der Waals surface area contributed by atoms with Crippen LogP contribution in [0.1, 0.15) is 26.0 Å². The van der Waals surface area contributed by atoms with Crippen LogP contribution in [0.4, 0.5) is 0 Å². The molecule has 0 spiro atoms. The number of nitrogens with one attached hydrogen (secondary N) is 1. The number of nitrogens with zero attached hydrogens (tertiary/aromatic N) is 2. The molecule has 0 radical (unpaired) electrons. The molecule has 0 aliphatic rings. The topological polar surface area (TPSA) is 29.3 Å². The van der Waals surface area contributed by atoms with Crippen molar-refractivity contribution in [2.24, 2.45) is 0 Å². The lowest BCUT2D eigenvalue weighted by Crippen LogP contribution is -2.14. The van der Waals surface area contributed by atoms with E-state index in [0.29, 0.717) is 0 Å². The Morgan fingerprint density at radius 1 is 1.35 bits per heavy atom. The highest BCUT2D eigenvalue weighted by atomic mass is 32.2. The fourth-order valence-corrected chi connectivity index (χ4v) is 2.64. The lowest BCUT2D eigenvalue weighted by atomic mass is 10.4. The van der Waals surface area contributed by atoms with Crippen LogP contribution in [0.25, 0.3) is 5.65 Å². The summed E-state index contributed by atoms with van der Waals surface area (Å²) in [4.78, 5) is 4.69. The Bertz CT molecular complexity index is 478. The summed E-state index contributed by atoms with van der Waals surface area (Å²) in [5, 5.41) is 4.55. The summed E-state index contributed by atoms with van der Waals surface area (Å²) in [6.45, 7) is 6.19. The molecule has 0 unspecified atom stereocenters. The number of imidazole rings is 1. The second-order valence-corrected chi connectivity index (χ2v) is 5.00. The van der Waals surface area contributed by atoms with Gasteiger partial charge in [-0.1, -0.05) is 19.9 Å². The Balaban J connectivity index is 2.34. The zero-order valence-corrected chi connectivity index (χ0v) is 11.3. The Hall–Kier alpha value is -1.00. The fraction of sp³-hybridized carbons (Fsp3) is 0.462. The quantitative estimate of drug-likeness (QED) is 0.798. The van der Waals surface area contributed by atoms with Gasteiger partial charge in [-0.25, -0.2) is 4.98 Å². The van der Waals surface area contributed by atoms with Crippen molar-refractivity contribution in [1.29, 1.82) is 0 Å². The fourth-order valence-electron chi connectivity index (χ4n) is 1.74. The monoisotopic (exact) mass is 249 g/mol. The first-order chi connectivity index (χ1) is 8.36. The van der Waals surface area contributed by atoms with Crippen LogP contribution in [0.15, 0.2) is 29.4 Å². The average Bonchev–Trinajstić information content (AvgIpc) is 2.71. The summed E-state index contributed by atoms with van der Waals surface area (Å²) in [5.41, 5.74) is 2.32. The van der Waals surface area contributed by atoms with Crippen molar-refractivity contribution in [3.05, 3.63) is 30.1 Å². The summed E-state index contributed by atoms with van der Waals surface area (Å²) in [6, 6.07) is 6.15. The first-order valence-corrected chi connectivity index (χ1v) is 7.14. The van der Waals surface area contributed by atoms with Gasteiger partial charge in [0.1, 0.15) is 10.7 Å². The minimum absolute atomic E-state index is 0.883. The number of rotatable bonds is 6. The molecule has 0 aromatic carbocycles. The first kappa shape index (κ1) is 12.5. The van der Waals surface area contributed by atoms with Crippen molar-refractivity contribution in [2.75, 3.05) is 12.3 Å². The zero-order valence-electron chi connectivity index (χ0n) is 10.4. The summed E-state index contributed by atoms with van der Waals surface area (Å²) < 4.78 is 2.18. The maximum atomic E-state index is 4.69. The van der Waals surface area contributed by atoms with E-state index >= 15 is 0 Å². The third kappa shape index (κ3) is 2.82. The smallest absolute Gasteiger partial charge is 0.138 e. The molecule has 0 aliphatic carbocycles. The van der Waals surface area contributed by atoms with Gasteiger partial charge in [0.15, 0.2) is 0 Å². The molecule has 0 saturated heterocycles. The standard InChI is InChI=1S/C13H19N3S/c1-3-9-17-13-11(10-14-4-2)16-8-6-5-7-12(16)15-13/h5-8,14H,3-4,9-10H2,1-2H3. The van der Waals surface area contributed by atoms with Gasteiger partial charge in [-0.15, -0.1) is 11.8 Å². The second-order valence-electron chi connectivity index (χ2n) is 3.92. The van der Waals surface area contributed by atoms with Gasteiger partial charge in [0.25, 0.3) is 0 Å². The van der Waals surface area contributed by atoms with Gasteiger partial charge in [-0.3, -0.25) is 0 Å². The lowest BCUT2D eigenvalue weighted by Gasteiger charge is -2.04. The summed E-state index contributed by atoms with van der Waals surface area (Å²) in [5.74, 6) is 1.13. The molecular weight excluding hydrogens is 230 g/mol. The van der Waals surface area contributed by atoms with Crippen molar-refractivity contribution in [3.8, 4) is 0 Å². The lowest BCUT2D eigenvalue weighted by molar-refractivity contribution is 0.694. The maximum Gasteiger partial charge on any atom is 0.138 e. The van der Waals surface area contributed by atoms with Crippen molar-refractivity contribution in [1.82, 2.24) is 14.7 Å². The van der Waals surface area contributed by atoms with Gasteiger partial charge in [-0.2, -0.15) is 0 Å². The van der Waals surface area contributed by atoms with Gasteiger partial charge in [0.05, 0.1) is 5.69 Å². The number of hydrogen-bond acceptors (Lipinski definition) is 3. The Morgan fingerprint density at radius 2 is 2.24 bits per heavy atom. The largest absolute Gasteiger partial charge is 0.311 e. The number of hydrogen-bond donors (Lipinski definition) is 1. The zero-order chi connectivity index (χ0) is 12.1. The van der Waals surface area contributed by atoms with Gasteiger partial charge >= 0.3 is 0 Å². The Labute approximate surface area is 107 Å². The molecule has 0 amide bonds. The molecule has 4 heteroatoms. The molecule has 0 bridgehead atoms. The van der Waals surface area contributed by atoms with E-state index in [-0.39, 0.29) is 0 Å². The third-order valence-corrected chi connectivity index (χ3v) is 3.79. The van der Waals surface area contributed by atoms with E-state index in [1.165, 1.54) is 17.1 Å². The van der Waals surface area contributed by atoms with E-state index in [1.54, 1.807) is 0 Å². The molecule has 0 fully saturated rings. The first-order valence-electron chi connectivity index (χ1n) is 6.16. The highest BCUT2D eigenvalue weighted by molar-refractivity contribution is 7.99. The van der Waals surface area contributed by atoms with Crippen molar-refractivity contribution in [3.63, 3.8) is 0 Å². The molecule has 3 nitrogen and oxygen atoms in total. The number of aromatic nitrogens is 2. The molecule has 17 heavy (non-hydrogen) atoms. The van der Waals surface area contributed by atoms with E-state index in [4.69, 9.17) is 0 Å². The number of thioether (sulfide) groups is 1. The van der Waals surface area contributed by atoms with Gasteiger partial charge in [0, 0.05) is 12.7 Å². The highest BCUT2D eigenvalue weighted by Crippen LogP contribution is 2.23. The van der Waals surface area contributed by atoms with Crippen LogP contribution in [0.2, 0.25) is 0 Å². The van der Waals surface area contributed by atoms with Gasteiger partial charge < -0.3 is 9.72 Å². The molecule has 1 N–H and O–H groups in total. The van der Waals surface area contributed by atoms with Crippen LogP contribution < -0.4 is 5.32 Å². The molecule has 2 aromatic rings. The minimum Gasteiger partial charge on any atom is -0.311 e. The molecule has 0 aliphatic heterocycles. The SMILES string of the molecule is CCCSc1nc2ccccn2c1CNCC. The van der Waals surface area contributed by atoms with Gasteiger partial charge in [0.2, 0.25) is 0 Å². The van der Waals surface area contributed by atoms with Crippen LogP contribution in [-0.4, -0.2) is 21.7 Å². The van der Waals surface area contributed by atoms with E-state index in [1.807, 2.05) is 17.8 Å². The van der Waals surface area contributed by atoms with Crippen LogP contribution in [0.3, 0.4) is 0 Å². The average molecular weight is 249 g/mol. The van der Waals surface area contributed by atoms with E-state index < -0.39 is 0 Å². The molecule has 92 valence electrons. The normalized spacial score (nSPS) is 11.2. The number of fused-ring (bicyclic) bond motifs is 1. The van der Waals surface area contributed by atoms with E-state index in [0.717, 1.165) is 24.5 Å². The maximum absolute atomic E-state index is 4.69. The molecule has 0 saturated carbocycles. The highest BCUT2D eigenvalue weighted by Gasteiger charge is 2.11. The Kier molecular flexibility index (Phi) is 4.45. The molecule has 0 atom stereocenters. The predicted molar refractivity (Wildman–Crippen MR) is 73.6 cm³/mol. The van der Waals surface area contributed by atoms with Crippen LogP contribution in [0, 0.1) is 0 Å². The van der Waals surface area contributed by atoms with Crippen LogP contribution in [-0.2, 0) is 6.54 Å². The molecular formula is C13H19N3S. The summed E-state index contributed by atoms with van der Waals surface area (Å²) in [6.07, 6.45) is 3.27. The Morgan fingerprint density at radius 3 is 3.00 bits per heavy atom. The van der Waals surface area contributed by atoms with Gasteiger partial charge in [-0.05, 0) is 30.9 Å². The minimum atomic E-state index is 0.883. The van der Waals surface area contributed by atoms with E-state index in [2.05, 4.69) is 46.9 Å². The molecule has 2 heterocycles. The van der Waals surface area contributed by atoms with Crippen molar-refractivity contribution in [2.45, 2.75) is 31.8 Å². The molecule has 2 rings (SSSR count). The number of pyridine rings is 1. The summed E-state index contributed by atoms with van der Waals surface area (Å²) >= 11 is 1.85. The van der Waals surface area contributed by atoms with Crippen LogP contribution in [0.5, 0.6) is 0 Å².